The highest BCUT2D eigenvalue weighted by atomic mass is 35.5. The summed E-state index contributed by atoms with van der Waals surface area (Å²) in [7, 11) is 3.28. The lowest BCUT2D eigenvalue weighted by atomic mass is 10.2. The first kappa shape index (κ1) is 11.9. The number of hydrogen-bond acceptors (Lipinski definition) is 2. The molecular formula is C9H10Cl3NO. The first-order valence-corrected chi connectivity index (χ1v) is 5.13. The summed E-state index contributed by atoms with van der Waals surface area (Å²) in [4.78, 5) is 0. The largest absolute Gasteiger partial charge is 0.495 e. The first-order valence-electron chi connectivity index (χ1n) is 3.94. The Kier molecular flexibility index (Phi) is 4.32. The maximum atomic E-state index is 5.99. The van der Waals surface area contributed by atoms with E-state index in [-0.39, 0.29) is 5.50 Å². The third kappa shape index (κ3) is 2.45. The lowest BCUT2D eigenvalue weighted by Crippen LogP contribution is -2.10. The minimum atomic E-state index is -0.356. The van der Waals surface area contributed by atoms with Gasteiger partial charge in [0.2, 0.25) is 0 Å². The van der Waals surface area contributed by atoms with Gasteiger partial charge in [0.05, 0.1) is 17.2 Å². The Morgan fingerprint density at radius 3 is 2.43 bits per heavy atom. The fourth-order valence-electron chi connectivity index (χ4n) is 1.05. The Morgan fingerprint density at radius 1 is 1.29 bits per heavy atom. The number of ether oxygens (including phenoxy) is 1. The van der Waals surface area contributed by atoms with Crippen LogP contribution in [0.25, 0.3) is 0 Å². The molecule has 14 heavy (non-hydrogen) atoms. The van der Waals surface area contributed by atoms with Gasteiger partial charge in [-0.2, -0.15) is 0 Å². The third-order valence-electron chi connectivity index (χ3n) is 1.80. The van der Waals surface area contributed by atoms with Crippen LogP contribution in [0, 0.1) is 0 Å². The molecule has 78 valence electrons. The van der Waals surface area contributed by atoms with E-state index in [0.717, 1.165) is 5.56 Å². The van der Waals surface area contributed by atoms with E-state index in [9.17, 15) is 0 Å². The van der Waals surface area contributed by atoms with Gasteiger partial charge in [0.1, 0.15) is 11.3 Å². The van der Waals surface area contributed by atoms with Crippen LogP contribution in [0.3, 0.4) is 0 Å². The Hall–Kier alpha value is -0.150. The molecule has 1 N–H and O–H groups in total. The van der Waals surface area contributed by atoms with Crippen molar-refractivity contribution in [3.8, 4) is 5.75 Å². The molecule has 0 amide bonds. The highest BCUT2D eigenvalue weighted by Gasteiger charge is 2.13. The van der Waals surface area contributed by atoms with Gasteiger partial charge >= 0.3 is 0 Å². The molecule has 1 rings (SSSR count). The maximum absolute atomic E-state index is 5.99. The summed E-state index contributed by atoms with van der Waals surface area (Å²) in [6, 6.07) is 3.34. The molecule has 0 fully saturated rings. The minimum Gasteiger partial charge on any atom is -0.495 e. The van der Waals surface area contributed by atoms with Crippen molar-refractivity contribution in [3.63, 3.8) is 0 Å². The van der Waals surface area contributed by atoms with Crippen LogP contribution in [0.1, 0.15) is 11.1 Å². The van der Waals surface area contributed by atoms with Crippen LogP contribution in [0.4, 0.5) is 0 Å². The molecule has 1 aromatic carbocycles. The summed E-state index contributed by atoms with van der Waals surface area (Å²) < 4.78 is 5.01. The number of halogens is 3. The molecule has 0 bridgehead atoms. The average Bonchev–Trinajstić information content (AvgIpc) is 2.19. The van der Waals surface area contributed by atoms with E-state index in [0.29, 0.717) is 15.8 Å². The van der Waals surface area contributed by atoms with Crippen molar-refractivity contribution in [2.24, 2.45) is 0 Å². The number of hydrogen-bond donors (Lipinski definition) is 1. The zero-order valence-corrected chi connectivity index (χ0v) is 10.0. The predicted octanol–water partition coefficient (Wildman–Crippen LogP) is 3.46. The lowest BCUT2D eigenvalue weighted by molar-refractivity contribution is 0.415. The number of alkyl halides is 1. The Labute approximate surface area is 98.1 Å². The molecule has 2 nitrogen and oxygen atoms in total. The zero-order valence-electron chi connectivity index (χ0n) is 7.77. The standard InChI is InChI=1S/C9H10Cl3NO/c1-13-9(12)5-3-7(11)8(14-2)4-6(5)10/h3-4,9,13H,1-2H3. The molecule has 0 saturated heterocycles. The van der Waals surface area contributed by atoms with Crippen molar-refractivity contribution in [1.82, 2.24) is 5.32 Å². The van der Waals surface area contributed by atoms with Crippen LogP contribution in [0.2, 0.25) is 10.0 Å². The Balaban J connectivity index is 3.14. The minimum absolute atomic E-state index is 0.356. The second-order valence-electron chi connectivity index (χ2n) is 2.66. The van der Waals surface area contributed by atoms with Gasteiger partial charge in [-0.05, 0) is 13.1 Å². The first-order chi connectivity index (χ1) is 6.60. The van der Waals surface area contributed by atoms with E-state index >= 15 is 0 Å². The number of nitrogens with one attached hydrogen (secondary N) is 1. The molecule has 0 aliphatic rings. The fraction of sp³-hybridized carbons (Fsp3) is 0.333. The molecule has 0 aliphatic carbocycles. The normalized spacial score (nSPS) is 12.6. The average molecular weight is 255 g/mol. The second kappa shape index (κ2) is 5.08. The van der Waals surface area contributed by atoms with Gasteiger partial charge in [-0.1, -0.05) is 23.2 Å². The number of rotatable bonds is 3. The zero-order chi connectivity index (χ0) is 10.7. The van der Waals surface area contributed by atoms with Crippen LogP contribution in [0.15, 0.2) is 12.1 Å². The summed E-state index contributed by atoms with van der Waals surface area (Å²) in [5.74, 6) is 0.542. The van der Waals surface area contributed by atoms with Gasteiger partial charge in [0.25, 0.3) is 0 Å². The van der Waals surface area contributed by atoms with Gasteiger partial charge in [-0.25, -0.2) is 0 Å². The molecule has 0 aromatic heterocycles. The molecule has 1 unspecified atom stereocenters. The molecule has 0 aliphatic heterocycles. The van der Waals surface area contributed by atoms with Gasteiger partial charge in [-0.15, -0.1) is 11.6 Å². The Bertz CT molecular complexity index is 330. The van der Waals surface area contributed by atoms with Crippen molar-refractivity contribution in [2.45, 2.75) is 5.50 Å². The summed E-state index contributed by atoms with van der Waals surface area (Å²) >= 11 is 17.9. The van der Waals surface area contributed by atoms with Crippen LogP contribution < -0.4 is 10.1 Å². The van der Waals surface area contributed by atoms with Crippen molar-refractivity contribution in [3.05, 3.63) is 27.7 Å². The van der Waals surface area contributed by atoms with E-state index in [1.54, 1.807) is 19.2 Å². The van der Waals surface area contributed by atoms with Crippen molar-refractivity contribution in [1.29, 1.82) is 0 Å². The van der Waals surface area contributed by atoms with Crippen molar-refractivity contribution in [2.75, 3.05) is 14.2 Å². The Morgan fingerprint density at radius 2 is 1.93 bits per heavy atom. The van der Waals surface area contributed by atoms with E-state index in [1.807, 2.05) is 0 Å². The van der Waals surface area contributed by atoms with E-state index < -0.39 is 0 Å². The topological polar surface area (TPSA) is 21.3 Å². The van der Waals surface area contributed by atoms with E-state index in [1.165, 1.54) is 7.11 Å². The number of benzene rings is 1. The summed E-state index contributed by atoms with van der Waals surface area (Å²) in [6.45, 7) is 0. The van der Waals surface area contributed by atoms with Gasteiger partial charge in [-0.3, -0.25) is 0 Å². The number of methoxy groups -OCH3 is 1. The maximum Gasteiger partial charge on any atom is 0.138 e. The van der Waals surface area contributed by atoms with Crippen molar-refractivity contribution < 1.29 is 4.74 Å². The highest BCUT2D eigenvalue weighted by molar-refractivity contribution is 6.35. The second-order valence-corrected chi connectivity index (χ2v) is 3.91. The van der Waals surface area contributed by atoms with Gasteiger partial charge < -0.3 is 10.1 Å². The summed E-state index contributed by atoms with van der Waals surface area (Å²) in [5, 5.41) is 3.89. The fourth-order valence-corrected chi connectivity index (χ4v) is 1.80. The SMILES string of the molecule is CNC(Cl)c1cc(Cl)c(OC)cc1Cl. The molecule has 1 atom stereocenters. The van der Waals surface area contributed by atoms with Crippen LogP contribution in [-0.2, 0) is 0 Å². The third-order valence-corrected chi connectivity index (χ3v) is 2.87. The molecule has 0 saturated carbocycles. The quantitative estimate of drug-likeness (QED) is 0.659. The molecule has 5 heteroatoms. The molecule has 0 heterocycles. The predicted molar refractivity (Wildman–Crippen MR) is 60.7 cm³/mol. The van der Waals surface area contributed by atoms with E-state index in [2.05, 4.69) is 5.32 Å². The van der Waals surface area contributed by atoms with Crippen LogP contribution in [-0.4, -0.2) is 14.2 Å². The van der Waals surface area contributed by atoms with Crippen molar-refractivity contribution >= 4 is 34.8 Å². The summed E-state index contributed by atoms with van der Waals surface area (Å²) in [6.07, 6.45) is 0. The van der Waals surface area contributed by atoms with E-state index in [4.69, 9.17) is 39.5 Å². The van der Waals surface area contributed by atoms with Crippen LogP contribution in [0.5, 0.6) is 5.75 Å². The highest BCUT2D eigenvalue weighted by Crippen LogP contribution is 2.34. The lowest BCUT2D eigenvalue weighted by Gasteiger charge is -2.12. The van der Waals surface area contributed by atoms with Gasteiger partial charge in [0, 0.05) is 11.6 Å². The summed E-state index contributed by atoms with van der Waals surface area (Å²) in [5.41, 5.74) is 0.382. The smallest absolute Gasteiger partial charge is 0.138 e. The van der Waals surface area contributed by atoms with Crippen LogP contribution >= 0.6 is 34.8 Å². The molecular weight excluding hydrogens is 244 g/mol. The molecule has 0 spiro atoms. The molecule has 1 aromatic rings. The monoisotopic (exact) mass is 253 g/mol. The molecule has 0 radical (unpaired) electrons. The van der Waals surface area contributed by atoms with Gasteiger partial charge in [0.15, 0.2) is 0 Å².